The molecule has 0 aromatic carbocycles. The number of nitrogens with zero attached hydrogens (tertiary/aromatic N) is 3. The second-order valence-electron chi connectivity index (χ2n) is 3.58. The maximum absolute atomic E-state index is 9.03. The molecule has 1 aliphatic rings. The van der Waals surface area contributed by atoms with E-state index >= 15 is 0 Å². The molecule has 0 saturated carbocycles. The van der Waals surface area contributed by atoms with E-state index in [9.17, 15) is 0 Å². The zero-order valence-corrected chi connectivity index (χ0v) is 8.76. The highest BCUT2D eigenvalue weighted by atomic mass is 16.5. The van der Waals surface area contributed by atoms with Crippen molar-refractivity contribution in [1.82, 2.24) is 9.97 Å². The second-order valence-corrected chi connectivity index (χ2v) is 3.58. The van der Waals surface area contributed by atoms with Gasteiger partial charge >= 0.3 is 0 Å². The monoisotopic (exact) mass is 209 g/mol. The van der Waals surface area contributed by atoms with Crippen molar-refractivity contribution in [2.24, 2.45) is 0 Å². The standard InChI is InChI=1S/C10H15N3O2/c1-8-11-3-2-10(12-8)13-4-5-15-9(6-13)7-14/h2-3,9,14H,4-7H2,1H3/t9-/m1/s1. The highest BCUT2D eigenvalue weighted by molar-refractivity contribution is 5.37. The van der Waals surface area contributed by atoms with Crippen molar-refractivity contribution < 1.29 is 9.84 Å². The smallest absolute Gasteiger partial charge is 0.132 e. The topological polar surface area (TPSA) is 58.5 Å². The molecule has 0 spiro atoms. The first-order valence-electron chi connectivity index (χ1n) is 5.06. The quantitative estimate of drug-likeness (QED) is 0.742. The van der Waals surface area contributed by atoms with Gasteiger partial charge in [-0.05, 0) is 13.0 Å². The van der Waals surface area contributed by atoms with Gasteiger partial charge in [-0.3, -0.25) is 0 Å². The van der Waals surface area contributed by atoms with Gasteiger partial charge in [0.25, 0.3) is 0 Å². The lowest BCUT2D eigenvalue weighted by Gasteiger charge is -2.32. The van der Waals surface area contributed by atoms with Crippen LogP contribution in [0.2, 0.25) is 0 Å². The fourth-order valence-corrected chi connectivity index (χ4v) is 1.66. The lowest BCUT2D eigenvalue weighted by Crippen LogP contribution is -2.44. The van der Waals surface area contributed by atoms with Crippen LogP contribution in [0.5, 0.6) is 0 Å². The molecule has 1 saturated heterocycles. The Labute approximate surface area is 88.7 Å². The van der Waals surface area contributed by atoms with Crippen LogP contribution in [0.3, 0.4) is 0 Å². The molecule has 2 rings (SSSR count). The fraction of sp³-hybridized carbons (Fsp3) is 0.600. The van der Waals surface area contributed by atoms with E-state index in [0.29, 0.717) is 13.2 Å². The van der Waals surface area contributed by atoms with Crippen molar-refractivity contribution in [1.29, 1.82) is 0 Å². The van der Waals surface area contributed by atoms with E-state index in [0.717, 1.165) is 18.2 Å². The Morgan fingerprint density at radius 1 is 1.67 bits per heavy atom. The van der Waals surface area contributed by atoms with E-state index < -0.39 is 0 Å². The summed E-state index contributed by atoms with van der Waals surface area (Å²) in [6, 6.07) is 1.88. The zero-order valence-electron chi connectivity index (χ0n) is 8.76. The third-order valence-electron chi connectivity index (χ3n) is 2.43. The molecule has 0 radical (unpaired) electrons. The number of anilines is 1. The molecular formula is C10H15N3O2. The first-order valence-corrected chi connectivity index (χ1v) is 5.06. The molecule has 0 bridgehead atoms. The SMILES string of the molecule is Cc1nccc(N2CCO[C@@H](CO)C2)n1. The average Bonchev–Trinajstić information content (AvgIpc) is 2.29. The van der Waals surface area contributed by atoms with E-state index in [2.05, 4.69) is 14.9 Å². The van der Waals surface area contributed by atoms with E-state index in [-0.39, 0.29) is 12.7 Å². The fourth-order valence-electron chi connectivity index (χ4n) is 1.66. The summed E-state index contributed by atoms with van der Waals surface area (Å²) in [4.78, 5) is 10.5. The molecule has 2 heterocycles. The van der Waals surface area contributed by atoms with E-state index in [1.54, 1.807) is 6.20 Å². The number of hydrogen-bond acceptors (Lipinski definition) is 5. The number of ether oxygens (including phenoxy) is 1. The van der Waals surface area contributed by atoms with Crippen LogP contribution in [-0.4, -0.2) is 47.5 Å². The van der Waals surface area contributed by atoms with Crippen LogP contribution in [0, 0.1) is 6.92 Å². The maximum Gasteiger partial charge on any atom is 0.132 e. The summed E-state index contributed by atoms with van der Waals surface area (Å²) < 4.78 is 5.37. The Bertz CT molecular complexity index is 332. The van der Waals surface area contributed by atoms with Crippen molar-refractivity contribution in [3.8, 4) is 0 Å². The van der Waals surface area contributed by atoms with Gasteiger partial charge in [0.1, 0.15) is 11.6 Å². The van der Waals surface area contributed by atoms with Gasteiger partial charge in [0.15, 0.2) is 0 Å². The Hall–Kier alpha value is -1.20. The molecule has 1 aliphatic heterocycles. The van der Waals surface area contributed by atoms with E-state index in [1.807, 2.05) is 13.0 Å². The molecule has 0 aliphatic carbocycles. The molecule has 0 unspecified atom stereocenters. The summed E-state index contributed by atoms with van der Waals surface area (Å²) >= 11 is 0. The maximum atomic E-state index is 9.03. The van der Waals surface area contributed by atoms with Crippen LogP contribution in [0.25, 0.3) is 0 Å². The van der Waals surface area contributed by atoms with Gasteiger partial charge in [0.05, 0.1) is 19.3 Å². The second kappa shape index (κ2) is 4.55. The normalized spacial score (nSPS) is 21.7. The van der Waals surface area contributed by atoms with Crippen molar-refractivity contribution >= 4 is 5.82 Å². The summed E-state index contributed by atoms with van der Waals surface area (Å²) in [5.41, 5.74) is 0. The molecule has 5 nitrogen and oxygen atoms in total. The molecule has 82 valence electrons. The van der Waals surface area contributed by atoms with Crippen LogP contribution in [-0.2, 0) is 4.74 Å². The van der Waals surface area contributed by atoms with Crippen molar-refractivity contribution in [2.75, 3.05) is 31.2 Å². The van der Waals surface area contributed by atoms with Gasteiger partial charge in [0, 0.05) is 19.3 Å². The lowest BCUT2D eigenvalue weighted by atomic mass is 10.3. The molecule has 1 aromatic heterocycles. The number of aromatic nitrogens is 2. The summed E-state index contributed by atoms with van der Waals surface area (Å²) in [5.74, 6) is 1.67. The van der Waals surface area contributed by atoms with Crippen LogP contribution in [0.4, 0.5) is 5.82 Å². The summed E-state index contributed by atoms with van der Waals surface area (Å²) in [7, 11) is 0. The molecule has 0 amide bonds. The zero-order chi connectivity index (χ0) is 10.7. The number of aliphatic hydroxyl groups excluding tert-OH is 1. The van der Waals surface area contributed by atoms with E-state index in [1.165, 1.54) is 0 Å². The number of aryl methyl sites for hydroxylation is 1. The minimum Gasteiger partial charge on any atom is -0.394 e. The lowest BCUT2D eigenvalue weighted by molar-refractivity contribution is 0.00335. The Morgan fingerprint density at radius 3 is 3.27 bits per heavy atom. The predicted molar refractivity (Wildman–Crippen MR) is 55.8 cm³/mol. The van der Waals surface area contributed by atoms with Gasteiger partial charge in [-0.1, -0.05) is 0 Å². The first kappa shape index (κ1) is 10.3. The van der Waals surface area contributed by atoms with Gasteiger partial charge in [0.2, 0.25) is 0 Å². The van der Waals surface area contributed by atoms with Crippen LogP contribution in [0.1, 0.15) is 5.82 Å². The molecule has 5 heteroatoms. The van der Waals surface area contributed by atoms with Gasteiger partial charge < -0.3 is 14.7 Å². The summed E-state index contributed by atoms with van der Waals surface area (Å²) in [6.07, 6.45) is 1.65. The highest BCUT2D eigenvalue weighted by Crippen LogP contribution is 2.14. The molecule has 1 atom stereocenters. The average molecular weight is 209 g/mol. The number of rotatable bonds is 2. The number of hydrogen-bond donors (Lipinski definition) is 1. The predicted octanol–water partition coefficient (Wildman–Crippen LogP) is -0.0175. The molecule has 1 N–H and O–H groups in total. The van der Waals surface area contributed by atoms with Crippen LogP contribution >= 0.6 is 0 Å². The summed E-state index contributed by atoms with van der Waals surface area (Å²) in [5, 5.41) is 9.03. The van der Waals surface area contributed by atoms with E-state index in [4.69, 9.17) is 9.84 Å². The van der Waals surface area contributed by atoms with Crippen LogP contribution < -0.4 is 4.90 Å². The van der Waals surface area contributed by atoms with Crippen molar-refractivity contribution in [2.45, 2.75) is 13.0 Å². The third kappa shape index (κ3) is 2.43. The molecule has 1 aromatic rings. The largest absolute Gasteiger partial charge is 0.394 e. The summed E-state index contributed by atoms with van der Waals surface area (Å²) in [6.45, 7) is 4.06. The Kier molecular flexibility index (Phi) is 3.13. The first-order chi connectivity index (χ1) is 7.29. The Morgan fingerprint density at radius 2 is 2.53 bits per heavy atom. The molecule has 1 fully saturated rings. The third-order valence-corrected chi connectivity index (χ3v) is 2.43. The van der Waals surface area contributed by atoms with Gasteiger partial charge in [-0.15, -0.1) is 0 Å². The minimum atomic E-state index is -0.103. The highest BCUT2D eigenvalue weighted by Gasteiger charge is 2.20. The van der Waals surface area contributed by atoms with Crippen molar-refractivity contribution in [3.63, 3.8) is 0 Å². The van der Waals surface area contributed by atoms with Gasteiger partial charge in [-0.2, -0.15) is 0 Å². The van der Waals surface area contributed by atoms with Crippen molar-refractivity contribution in [3.05, 3.63) is 18.1 Å². The minimum absolute atomic E-state index is 0.0561. The number of aliphatic hydroxyl groups is 1. The molecular weight excluding hydrogens is 194 g/mol. The number of morpholine rings is 1. The molecule has 15 heavy (non-hydrogen) atoms. The Balaban J connectivity index is 2.09. The van der Waals surface area contributed by atoms with Gasteiger partial charge in [-0.25, -0.2) is 9.97 Å². The van der Waals surface area contributed by atoms with Crippen LogP contribution in [0.15, 0.2) is 12.3 Å².